The van der Waals surface area contributed by atoms with Crippen LogP contribution in [0.25, 0.3) is 5.57 Å². The lowest BCUT2D eigenvalue weighted by atomic mass is 10.1. The van der Waals surface area contributed by atoms with Crippen molar-refractivity contribution in [3.8, 4) is 0 Å². The molecule has 2 nitrogen and oxygen atoms in total. The summed E-state index contributed by atoms with van der Waals surface area (Å²) < 4.78 is 0. The van der Waals surface area contributed by atoms with E-state index in [1.54, 1.807) is 6.20 Å². The highest BCUT2D eigenvalue weighted by atomic mass is 16.1. The number of rotatable bonds is 1. The zero-order valence-electron chi connectivity index (χ0n) is 6.58. The number of carbonyl (C=O) groups is 1. The van der Waals surface area contributed by atoms with Crippen LogP contribution in [0.3, 0.4) is 0 Å². The van der Waals surface area contributed by atoms with Gasteiger partial charge in [0, 0.05) is 11.8 Å². The number of nitrogens with one attached hydrogen (secondary N) is 1. The summed E-state index contributed by atoms with van der Waals surface area (Å²) in [5.41, 5.74) is 1.78. The van der Waals surface area contributed by atoms with Gasteiger partial charge >= 0.3 is 0 Å². The molecular formula is C10H9NO. The molecule has 1 N–H and O–H groups in total. The minimum Gasteiger partial charge on any atom is -0.383 e. The number of hydrogen-bond donors (Lipinski definition) is 1. The topological polar surface area (TPSA) is 29.1 Å². The molecule has 2 heteroatoms. The fourth-order valence-electron chi connectivity index (χ4n) is 1.28. The van der Waals surface area contributed by atoms with Gasteiger partial charge in [-0.1, -0.05) is 30.3 Å². The quantitative estimate of drug-likeness (QED) is 0.667. The monoisotopic (exact) mass is 159 g/mol. The zero-order chi connectivity index (χ0) is 8.39. The lowest BCUT2D eigenvalue weighted by Crippen LogP contribution is -2.08. The first kappa shape index (κ1) is 7.10. The van der Waals surface area contributed by atoms with Crippen molar-refractivity contribution in [1.82, 2.24) is 5.32 Å². The van der Waals surface area contributed by atoms with Crippen LogP contribution in [-0.4, -0.2) is 12.3 Å². The van der Waals surface area contributed by atoms with Crippen LogP contribution in [0.15, 0.2) is 36.5 Å². The molecular weight excluding hydrogens is 150 g/mol. The molecule has 0 saturated heterocycles. The average molecular weight is 159 g/mol. The standard InChI is InChI=1S/C10H9NO/c12-10-7-11-6-9(10)8-4-2-1-3-5-8/h1-6,11H,7H2. The van der Waals surface area contributed by atoms with Gasteiger partial charge in [0.25, 0.3) is 0 Å². The molecule has 0 aliphatic carbocycles. The summed E-state index contributed by atoms with van der Waals surface area (Å²) in [6.45, 7) is 0.435. The molecule has 0 amide bonds. The summed E-state index contributed by atoms with van der Waals surface area (Å²) in [6.07, 6.45) is 1.78. The van der Waals surface area contributed by atoms with Crippen molar-refractivity contribution in [2.75, 3.05) is 6.54 Å². The van der Waals surface area contributed by atoms with Gasteiger partial charge < -0.3 is 5.32 Å². The smallest absolute Gasteiger partial charge is 0.183 e. The lowest BCUT2D eigenvalue weighted by molar-refractivity contribution is -0.112. The van der Waals surface area contributed by atoms with Crippen LogP contribution in [0.4, 0.5) is 0 Å². The third kappa shape index (κ3) is 1.11. The Bertz CT molecular complexity index is 327. The van der Waals surface area contributed by atoms with Crippen LogP contribution >= 0.6 is 0 Å². The second-order valence-electron chi connectivity index (χ2n) is 2.73. The first-order chi connectivity index (χ1) is 5.88. The maximum atomic E-state index is 11.2. The van der Waals surface area contributed by atoms with Crippen LogP contribution in [0.5, 0.6) is 0 Å². The minimum absolute atomic E-state index is 0.168. The zero-order valence-corrected chi connectivity index (χ0v) is 6.58. The highest BCUT2D eigenvalue weighted by Gasteiger charge is 2.15. The van der Waals surface area contributed by atoms with Gasteiger partial charge in [-0.3, -0.25) is 4.79 Å². The van der Waals surface area contributed by atoms with Crippen molar-refractivity contribution in [1.29, 1.82) is 0 Å². The molecule has 1 aliphatic rings. The summed E-state index contributed by atoms with van der Waals surface area (Å²) in [4.78, 5) is 11.2. The summed E-state index contributed by atoms with van der Waals surface area (Å²) in [7, 11) is 0. The molecule has 0 bridgehead atoms. The fourth-order valence-corrected chi connectivity index (χ4v) is 1.28. The molecule has 1 aromatic carbocycles. The van der Waals surface area contributed by atoms with Gasteiger partial charge in [0.2, 0.25) is 0 Å². The van der Waals surface area contributed by atoms with Crippen molar-refractivity contribution in [3.05, 3.63) is 42.1 Å². The molecule has 0 atom stereocenters. The van der Waals surface area contributed by atoms with Gasteiger partial charge in [-0.05, 0) is 5.56 Å². The third-order valence-corrected chi connectivity index (χ3v) is 1.89. The summed E-state index contributed by atoms with van der Waals surface area (Å²) in [6, 6.07) is 9.69. The van der Waals surface area contributed by atoms with Gasteiger partial charge in [0.05, 0.1) is 6.54 Å². The Morgan fingerprint density at radius 3 is 2.50 bits per heavy atom. The molecule has 12 heavy (non-hydrogen) atoms. The highest BCUT2D eigenvalue weighted by Crippen LogP contribution is 2.16. The molecule has 1 aliphatic heterocycles. The average Bonchev–Trinajstić information content (AvgIpc) is 2.53. The predicted octanol–water partition coefficient (Wildman–Crippen LogP) is 1.20. The van der Waals surface area contributed by atoms with Crippen molar-refractivity contribution in [3.63, 3.8) is 0 Å². The van der Waals surface area contributed by atoms with Crippen molar-refractivity contribution >= 4 is 11.4 Å². The second-order valence-corrected chi connectivity index (χ2v) is 2.73. The van der Waals surface area contributed by atoms with Crippen molar-refractivity contribution in [2.24, 2.45) is 0 Å². The van der Waals surface area contributed by atoms with E-state index in [4.69, 9.17) is 0 Å². The van der Waals surface area contributed by atoms with E-state index in [1.165, 1.54) is 0 Å². The maximum Gasteiger partial charge on any atom is 0.183 e. The van der Waals surface area contributed by atoms with E-state index in [0.717, 1.165) is 11.1 Å². The van der Waals surface area contributed by atoms with Crippen LogP contribution in [-0.2, 0) is 4.79 Å². The SMILES string of the molecule is O=C1CNC=C1c1ccccc1. The van der Waals surface area contributed by atoms with Gasteiger partial charge in [0.1, 0.15) is 0 Å². The van der Waals surface area contributed by atoms with Crippen LogP contribution < -0.4 is 5.32 Å². The fraction of sp³-hybridized carbons (Fsp3) is 0.100. The summed E-state index contributed by atoms with van der Waals surface area (Å²) in [5.74, 6) is 0.168. The predicted molar refractivity (Wildman–Crippen MR) is 47.4 cm³/mol. The number of ketones is 1. The normalized spacial score (nSPS) is 15.7. The van der Waals surface area contributed by atoms with E-state index in [1.807, 2.05) is 30.3 Å². The number of Topliss-reactive ketones (excluding diaryl/α,β-unsaturated/α-hetero) is 1. The second kappa shape index (κ2) is 2.81. The van der Waals surface area contributed by atoms with Crippen molar-refractivity contribution < 1.29 is 4.79 Å². The Balaban J connectivity index is 2.38. The van der Waals surface area contributed by atoms with E-state index in [2.05, 4.69) is 5.32 Å². The highest BCUT2D eigenvalue weighted by molar-refractivity contribution is 6.23. The van der Waals surface area contributed by atoms with Crippen LogP contribution in [0.2, 0.25) is 0 Å². The van der Waals surface area contributed by atoms with Gasteiger partial charge in [-0.25, -0.2) is 0 Å². The molecule has 1 heterocycles. The molecule has 60 valence electrons. The molecule has 2 rings (SSSR count). The van der Waals surface area contributed by atoms with Gasteiger partial charge in [0.15, 0.2) is 5.78 Å². The molecule has 0 radical (unpaired) electrons. The van der Waals surface area contributed by atoms with Crippen LogP contribution in [0, 0.1) is 0 Å². The first-order valence-corrected chi connectivity index (χ1v) is 3.90. The number of hydrogen-bond acceptors (Lipinski definition) is 2. The minimum atomic E-state index is 0.168. The maximum absolute atomic E-state index is 11.2. The first-order valence-electron chi connectivity index (χ1n) is 3.90. The Kier molecular flexibility index (Phi) is 1.67. The Hall–Kier alpha value is -1.57. The largest absolute Gasteiger partial charge is 0.383 e. The Morgan fingerprint density at radius 2 is 1.92 bits per heavy atom. The molecule has 0 fully saturated rings. The third-order valence-electron chi connectivity index (χ3n) is 1.89. The Morgan fingerprint density at radius 1 is 1.17 bits per heavy atom. The lowest BCUT2D eigenvalue weighted by Gasteiger charge is -1.97. The van der Waals surface area contributed by atoms with Gasteiger partial charge in [-0.15, -0.1) is 0 Å². The number of carbonyl (C=O) groups excluding carboxylic acids is 1. The number of benzene rings is 1. The van der Waals surface area contributed by atoms with E-state index < -0.39 is 0 Å². The molecule has 0 unspecified atom stereocenters. The van der Waals surface area contributed by atoms with Crippen LogP contribution in [0.1, 0.15) is 5.56 Å². The van der Waals surface area contributed by atoms with E-state index in [9.17, 15) is 4.79 Å². The molecule has 0 spiro atoms. The molecule has 0 saturated carbocycles. The molecule has 0 aromatic heterocycles. The van der Waals surface area contributed by atoms with E-state index in [0.29, 0.717) is 6.54 Å². The Labute approximate surface area is 70.9 Å². The molecule has 1 aromatic rings. The van der Waals surface area contributed by atoms with Gasteiger partial charge in [-0.2, -0.15) is 0 Å². The van der Waals surface area contributed by atoms with E-state index in [-0.39, 0.29) is 5.78 Å². The summed E-state index contributed by atoms with van der Waals surface area (Å²) in [5, 5.41) is 2.91. The summed E-state index contributed by atoms with van der Waals surface area (Å²) >= 11 is 0. The van der Waals surface area contributed by atoms with E-state index >= 15 is 0 Å². The van der Waals surface area contributed by atoms with Crippen molar-refractivity contribution in [2.45, 2.75) is 0 Å².